The lowest BCUT2D eigenvalue weighted by Crippen LogP contribution is -2.48. The molecule has 2 heterocycles. The predicted octanol–water partition coefficient (Wildman–Crippen LogP) is 1.55. The Hall–Kier alpha value is -1.60. The van der Waals surface area contributed by atoms with E-state index in [-0.39, 0.29) is 25.3 Å². The molecule has 1 aromatic rings. The largest absolute Gasteiger partial charge is 0.481 e. The highest BCUT2D eigenvalue weighted by Gasteiger charge is 2.38. The molecule has 1 fully saturated rings. The van der Waals surface area contributed by atoms with E-state index in [1.165, 1.54) is 4.90 Å². The lowest BCUT2D eigenvalue weighted by atomic mass is 10.0. The number of likely N-dealkylation sites (N-methyl/N-ethyl adjacent to an activating group) is 1. The van der Waals surface area contributed by atoms with Crippen molar-refractivity contribution in [1.82, 2.24) is 10.2 Å². The molecule has 0 aliphatic carbocycles. The maximum absolute atomic E-state index is 12.2. The first-order valence-electron chi connectivity index (χ1n) is 6.38. The topological polar surface area (TPSA) is 78.9 Å². The number of ether oxygens (including phenoxy) is 1. The Kier molecular flexibility index (Phi) is 4.61. The van der Waals surface area contributed by atoms with E-state index in [9.17, 15) is 9.59 Å². The Morgan fingerprint density at radius 3 is 2.90 bits per heavy atom. The monoisotopic (exact) mass is 298 g/mol. The number of carboxylic acid groups (broad SMARTS) is 1. The van der Waals surface area contributed by atoms with Gasteiger partial charge < -0.3 is 20.1 Å². The zero-order chi connectivity index (χ0) is 14.7. The van der Waals surface area contributed by atoms with Crippen LogP contribution in [0, 0.1) is 5.92 Å². The van der Waals surface area contributed by atoms with E-state index in [1.807, 2.05) is 24.4 Å². The van der Waals surface area contributed by atoms with Crippen LogP contribution in [0.3, 0.4) is 0 Å². The highest BCUT2D eigenvalue weighted by atomic mass is 32.1. The van der Waals surface area contributed by atoms with Gasteiger partial charge >= 0.3 is 12.0 Å². The molecule has 2 amide bonds. The number of carbonyl (C=O) groups excluding carboxylic acids is 1. The van der Waals surface area contributed by atoms with Crippen molar-refractivity contribution in [3.63, 3.8) is 0 Å². The second kappa shape index (κ2) is 6.23. The maximum Gasteiger partial charge on any atom is 0.317 e. The predicted molar refractivity (Wildman–Crippen MR) is 74.8 cm³/mol. The van der Waals surface area contributed by atoms with Gasteiger partial charge in [0.05, 0.1) is 25.3 Å². The summed E-state index contributed by atoms with van der Waals surface area (Å²) in [5, 5.41) is 13.9. The van der Waals surface area contributed by atoms with Crippen LogP contribution in [-0.4, -0.2) is 48.3 Å². The first-order valence-corrected chi connectivity index (χ1v) is 7.26. The minimum absolute atomic E-state index is 0.101. The summed E-state index contributed by atoms with van der Waals surface area (Å²) in [4.78, 5) is 25.8. The van der Waals surface area contributed by atoms with Gasteiger partial charge in [0.1, 0.15) is 5.92 Å². The average molecular weight is 298 g/mol. The van der Waals surface area contributed by atoms with E-state index in [1.54, 1.807) is 18.4 Å². The number of urea groups is 1. The summed E-state index contributed by atoms with van der Waals surface area (Å²) in [7, 11) is 1.60. The molecule has 6 nitrogen and oxygen atoms in total. The van der Waals surface area contributed by atoms with E-state index < -0.39 is 17.9 Å². The van der Waals surface area contributed by atoms with Crippen molar-refractivity contribution >= 4 is 23.3 Å². The van der Waals surface area contributed by atoms with Gasteiger partial charge in [0, 0.05) is 11.9 Å². The third-order valence-electron chi connectivity index (χ3n) is 3.50. The van der Waals surface area contributed by atoms with Crippen molar-refractivity contribution in [3.8, 4) is 0 Å². The van der Waals surface area contributed by atoms with Gasteiger partial charge in [0.15, 0.2) is 0 Å². The number of hydrogen-bond acceptors (Lipinski definition) is 4. The Bertz CT molecular complexity index is 477. The number of carbonyl (C=O) groups is 2. The highest BCUT2D eigenvalue weighted by molar-refractivity contribution is 7.10. The number of amides is 2. The van der Waals surface area contributed by atoms with Gasteiger partial charge in [-0.1, -0.05) is 6.07 Å². The summed E-state index contributed by atoms with van der Waals surface area (Å²) in [6.07, 6.45) is 0. The van der Waals surface area contributed by atoms with Crippen LogP contribution in [0.15, 0.2) is 17.5 Å². The van der Waals surface area contributed by atoms with Crippen LogP contribution < -0.4 is 5.32 Å². The number of nitrogens with zero attached hydrogens (tertiary/aromatic N) is 1. The summed E-state index contributed by atoms with van der Waals surface area (Å²) in [5.74, 6) is -1.60. The van der Waals surface area contributed by atoms with Crippen molar-refractivity contribution in [3.05, 3.63) is 22.4 Å². The molecule has 1 aliphatic heterocycles. The van der Waals surface area contributed by atoms with Gasteiger partial charge in [-0.3, -0.25) is 4.79 Å². The first kappa shape index (κ1) is 14.8. The molecule has 1 saturated heterocycles. The average Bonchev–Trinajstić information content (AvgIpc) is 3.08. The summed E-state index contributed by atoms with van der Waals surface area (Å²) >= 11 is 1.57. The fourth-order valence-electron chi connectivity index (χ4n) is 2.21. The summed E-state index contributed by atoms with van der Waals surface area (Å²) in [5.41, 5.74) is 0. The van der Waals surface area contributed by atoms with Crippen molar-refractivity contribution in [2.45, 2.75) is 19.0 Å². The van der Waals surface area contributed by atoms with Crippen LogP contribution in [0.2, 0.25) is 0 Å². The standard InChI is InChI=1S/C13H18N2O4S/c1-8(11-4-3-5-20-11)14-13(18)15(2)10-7-19-6-9(10)12(16)17/h3-5,8-10H,6-7H2,1-2H3,(H,14,18)(H,16,17). The molecule has 20 heavy (non-hydrogen) atoms. The minimum Gasteiger partial charge on any atom is -0.481 e. The minimum atomic E-state index is -0.932. The number of hydrogen-bond donors (Lipinski definition) is 2. The van der Waals surface area contributed by atoms with Gasteiger partial charge in [-0.25, -0.2) is 4.79 Å². The molecule has 2 rings (SSSR count). The Labute approximate surface area is 121 Å². The summed E-state index contributed by atoms with van der Waals surface area (Å²) in [6, 6.07) is 3.07. The van der Waals surface area contributed by atoms with Gasteiger partial charge in [0.25, 0.3) is 0 Å². The lowest BCUT2D eigenvalue weighted by Gasteiger charge is -2.27. The zero-order valence-electron chi connectivity index (χ0n) is 11.4. The zero-order valence-corrected chi connectivity index (χ0v) is 12.2. The molecule has 1 aliphatic rings. The Morgan fingerprint density at radius 1 is 1.55 bits per heavy atom. The number of thiophene rings is 1. The molecule has 110 valence electrons. The van der Waals surface area contributed by atoms with Crippen LogP contribution in [0.25, 0.3) is 0 Å². The van der Waals surface area contributed by atoms with Crippen LogP contribution >= 0.6 is 11.3 Å². The molecule has 3 unspecified atom stereocenters. The van der Waals surface area contributed by atoms with Crippen LogP contribution in [-0.2, 0) is 9.53 Å². The molecule has 2 N–H and O–H groups in total. The SMILES string of the molecule is CC(NC(=O)N(C)C1COCC1C(=O)O)c1cccs1. The van der Waals surface area contributed by atoms with E-state index >= 15 is 0 Å². The van der Waals surface area contributed by atoms with Crippen LogP contribution in [0.5, 0.6) is 0 Å². The third kappa shape index (κ3) is 3.10. The second-order valence-electron chi connectivity index (χ2n) is 4.85. The molecule has 1 aromatic heterocycles. The van der Waals surface area contributed by atoms with Gasteiger partial charge in [0.2, 0.25) is 0 Å². The number of carboxylic acids is 1. The third-order valence-corrected chi connectivity index (χ3v) is 4.55. The second-order valence-corrected chi connectivity index (χ2v) is 5.83. The van der Waals surface area contributed by atoms with Crippen molar-refractivity contribution in [2.24, 2.45) is 5.92 Å². The molecule has 0 aromatic carbocycles. The Balaban J connectivity index is 1.96. The maximum atomic E-state index is 12.2. The van der Waals surface area contributed by atoms with Crippen molar-refractivity contribution in [2.75, 3.05) is 20.3 Å². The van der Waals surface area contributed by atoms with Gasteiger partial charge in [-0.2, -0.15) is 0 Å². The summed E-state index contributed by atoms with van der Waals surface area (Å²) < 4.78 is 5.18. The smallest absolute Gasteiger partial charge is 0.317 e. The van der Waals surface area contributed by atoms with E-state index in [0.717, 1.165) is 4.88 Å². The van der Waals surface area contributed by atoms with E-state index in [2.05, 4.69) is 5.32 Å². The highest BCUT2D eigenvalue weighted by Crippen LogP contribution is 2.21. The van der Waals surface area contributed by atoms with E-state index in [4.69, 9.17) is 9.84 Å². The molecule has 7 heteroatoms. The Morgan fingerprint density at radius 2 is 2.30 bits per heavy atom. The molecular formula is C13H18N2O4S. The van der Waals surface area contributed by atoms with Crippen molar-refractivity contribution in [1.29, 1.82) is 0 Å². The quantitative estimate of drug-likeness (QED) is 0.884. The molecule has 0 spiro atoms. The van der Waals surface area contributed by atoms with Crippen LogP contribution in [0.4, 0.5) is 4.79 Å². The molecule has 0 radical (unpaired) electrons. The fourth-order valence-corrected chi connectivity index (χ4v) is 2.94. The summed E-state index contributed by atoms with van der Waals surface area (Å²) in [6.45, 7) is 2.31. The van der Waals surface area contributed by atoms with Crippen LogP contribution in [0.1, 0.15) is 17.8 Å². The van der Waals surface area contributed by atoms with Gasteiger partial charge in [-0.05, 0) is 18.4 Å². The van der Waals surface area contributed by atoms with Gasteiger partial charge in [-0.15, -0.1) is 11.3 Å². The normalized spacial score (nSPS) is 23.3. The molecule has 0 bridgehead atoms. The fraction of sp³-hybridized carbons (Fsp3) is 0.538. The first-order chi connectivity index (χ1) is 9.50. The number of aliphatic carboxylic acids is 1. The number of rotatable bonds is 4. The van der Waals surface area contributed by atoms with E-state index in [0.29, 0.717) is 0 Å². The lowest BCUT2D eigenvalue weighted by molar-refractivity contribution is -0.142. The molecular weight excluding hydrogens is 280 g/mol. The van der Waals surface area contributed by atoms with Crippen molar-refractivity contribution < 1.29 is 19.4 Å². The number of nitrogens with one attached hydrogen (secondary N) is 1. The molecule has 3 atom stereocenters. The molecule has 0 saturated carbocycles.